The summed E-state index contributed by atoms with van der Waals surface area (Å²) < 4.78 is 1.89. The number of anilines is 2. The second kappa shape index (κ2) is 5.43. The highest BCUT2D eigenvalue weighted by molar-refractivity contribution is 5.66. The van der Waals surface area contributed by atoms with E-state index in [-0.39, 0.29) is 0 Å². The van der Waals surface area contributed by atoms with Crippen molar-refractivity contribution in [1.29, 1.82) is 0 Å². The zero-order chi connectivity index (χ0) is 13.2. The minimum atomic E-state index is 0.369. The van der Waals surface area contributed by atoms with Crippen molar-refractivity contribution in [2.45, 2.75) is 40.0 Å². The molecule has 0 saturated heterocycles. The Labute approximate surface area is 105 Å². The van der Waals surface area contributed by atoms with Gasteiger partial charge in [0, 0.05) is 20.6 Å². The Balaban J connectivity index is 2.90. The molecule has 0 saturated carbocycles. The summed E-state index contributed by atoms with van der Waals surface area (Å²) in [7, 11) is 4.04. The van der Waals surface area contributed by atoms with Gasteiger partial charge in [0.1, 0.15) is 5.82 Å². The highest BCUT2D eigenvalue weighted by atomic mass is 15.4. The Hall–Kier alpha value is -1.19. The predicted molar refractivity (Wildman–Crippen MR) is 74.4 cm³/mol. The molecule has 0 atom stereocenters. The Morgan fingerprint density at radius 3 is 2.29 bits per heavy atom. The number of rotatable bonds is 5. The minimum Gasteiger partial charge on any atom is -0.394 e. The maximum absolute atomic E-state index is 6.19. The van der Waals surface area contributed by atoms with Crippen LogP contribution in [0.5, 0.6) is 0 Å². The highest BCUT2D eigenvalue weighted by Gasteiger charge is 2.18. The molecule has 0 unspecified atom stereocenters. The fourth-order valence-corrected chi connectivity index (χ4v) is 1.99. The van der Waals surface area contributed by atoms with Crippen molar-refractivity contribution < 1.29 is 0 Å². The largest absolute Gasteiger partial charge is 0.394 e. The van der Waals surface area contributed by atoms with Gasteiger partial charge in [-0.1, -0.05) is 27.7 Å². The van der Waals surface area contributed by atoms with Gasteiger partial charge in [-0.25, -0.2) is 0 Å². The van der Waals surface area contributed by atoms with Crippen LogP contribution in [0.15, 0.2) is 0 Å². The lowest BCUT2D eigenvalue weighted by atomic mass is 10.1. The third-order valence-electron chi connectivity index (χ3n) is 3.03. The van der Waals surface area contributed by atoms with Crippen LogP contribution >= 0.6 is 0 Å². The molecular formula is C13H26N4. The summed E-state index contributed by atoms with van der Waals surface area (Å²) in [6.07, 6.45) is 1.16. The molecular weight excluding hydrogens is 212 g/mol. The molecule has 4 nitrogen and oxygen atoms in total. The van der Waals surface area contributed by atoms with Gasteiger partial charge in [0.15, 0.2) is 0 Å². The maximum atomic E-state index is 6.19. The van der Waals surface area contributed by atoms with E-state index in [9.17, 15) is 0 Å². The van der Waals surface area contributed by atoms with Gasteiger partial charge in [-0.05, 0) is 18.3 Å². The van der Waals surface area contributed by atoms with Crippen molar-refractivity contribution in [2.75, 3.05) is 24.2 Å². The van der Waals surface area contributed by atoms with Crippen LogP contribution in [0, 0.1) is 5.92 Å². The van der Waals surface area contributed by atoms with Gasteiger partial charge in [-0.15, -0.1) is 0 Å². The van der Waals surface area contributed by atoms with Gasteiger partial charge >= 0.3 is 0 Å². The van der Waals surface area contributed by atoms with E-state index in [0.29, 0.717) is 11.8 Å². The molecule has 17 heavy (non-hydrogen) atoms. The third kappa shape index (κ3) is 3.14. The number of nitrogens with zero attached hydrogens (tertiary/aromatic N) is 3. The van der Waals surface area contributed by atoms with E-state index in [1.807, 2.05) is 11.7 Å². The molecule has 0 fully saturated rings. The number of nitrogens with two attached hydrogens (primary N) is 1. The van der Waals surface area contributed by atoms with Crippen molar-refractivity contribution in [2.24, 2.45) is 13.0 Å². The van der Waals surface area contributed by atoms with E-state index in [4.69, 9.17) is 5.73 Å². The molecule has 1 heterocycles. The summed E-state index contributed by atoms with van der Waals surface area (Å²) in [5.74, 6) is 2.11. The van der Waals surface area contributed by atoms with Crippen molar-refractivity contribution in [3.63, 3.8) is 0 Å². The van der Waals surface area contributed by atoms with Crippen LogP contribution in [0.25, 0.3) is 0 Å². The van der Waals surface area contributed by atoms with Crippen molar-refractivity contribution in [3.8, 4) is 0 Å². The molecule has 0 aliphatic heterocycles. The number of aryl methyl sites for hydroxylation is 1. The normalized spacial score (nSPS) is 11.5. The Kier molecular flexibility index (Phi) is 4.43. The summed E-state index contributed by atoms with van der Waals surface area (Å²) in [6, 6.07) is 0. The van der Waals surface area contributed by atoms with Gasteiger partial charge in [0.25, 0.3) is 0 Å². The summed E-state index contributed by atoms with van der Waals surface area (Å²) in [4.78, 5) is 2.20. The second-order valence-electron chi connectivity index (χ2n) is 5.50. The SMILES string of the molecule is CC(C)CCN(C)c1c(N)c(C(C)C)nn1C. The molecule has 1 aromatic heterocycles. The molecule has 98 valence electrons. The fourth-order valence-electron chi connectivity index (χ4n) is 1.99. The molecule has 0 bridgehead atoms. The van der Waals surface area contributed by atoms with Crippen molar-refractivity contribution >= 4 is 11.5 Å². The maximum Gasteiger partial charge on any atom is 0.150 e. The first-order chi connectivity index (χ1) is 7.84. The van der Waals surface area contributed by atoms with Crippen LogP contribution in [-0.2, 0) is 7.05 Å². The zero-order valence-electron chi connectivity index (χ0n) is 12.0. The number of hydrogen-bond donors (Lipinski definition) is 1. The minimum absolute atomic E-state index is 0.369. The molecule has 0 amide bonds. The monoisotopic (exact) mass is 238 g/mol. The molecule has 0 radical (unpaired) electrons. The molecule has 0 aliphatic rings. The van der Waals surface area contributed by atoms with Crippen LogP contribution in [0.4, 0.5) is 11.5 Å². The Morgan fingerprint density at radius 1 is 1.29 bits per heavy atom. The summed E-state index contributed by atoms with van der Waals surface area (Å²) in [5, 5.41) is 4.51. The van der Waals surface area contributed by atoms with E-state index in [2.05, 4.69) is 44.7 Å². The second-order valence-corrected chi connectivity index (χ2v) is 5.50. The lowest BCUT2D eigenvalue weighted by Gasteiger charge is -2.21. The Bertz CT molecular complexity index is 366. The van der Waals surface area contributed by atoms with E-state index in [1.54, 1.807) is 0 Å². The van der Waals surface area contributed by atoms with Gasteiger partial charge in [-0.3, -0.25) is 4.68 Å². The van der Waals surface area contributed by atoms with Gasteiger partial charge in [-0.2, -0.15) is 5.10 Å². The molecule has 0 aromatic carbocycles. The smallest absolute Gasteiger partial charge is 0.150 e. The summed E-state index contributed by atoms with van der Waals surface area (Å²) >= 11 is 0. The van der Waals surface area contributed by atoms with Crippen LogP contribution in [0.1, 0.15) is 45.7 Å². The lowest BCUT2D eigenvalue weighted by molar-refractivity contribution is 0.578. The third-order valence-corrected chi connectivity index (χ3v) is 3.03. The molecule has 4 heteroatoms. The number of nitrogen functional groups attached to an aromatic ring is 1. The quantitative estimate of drug-likeness (QED) is 0.857. The molecule has 1 aromatic rings. The van der Waals surface area contributed by atoms with Crippen molar-refractivity contribution in [1.82, 2.24) is 9.78 Å². The van der Waals surface area contributed by atoms with Gasteiger partial charge in [0.05, 0.1) is 11.4 Å². The molecule has 0 spiro atoms. The van der Waals surface area contributed by atoms with E-state index in [0.717, 1.165) is 30.2 Å². The van der Waals surface area contributed by atoms with Gasteiger partial charge in [0.2, 0.25) is 0 Å². The van der Waals surface area contributed by atoms with E-state index in [1.165, 1.54) is 0 Å². The Morgan fingerprint density at radius 2 is 1.88 bits per heavy atom. The average molecular weight is 238 g/mol. The first-order valence-electron chi connectivity index (χ1n) is 6.38. The summed E-state index contributed by atoms with van der Waals surface area (Å²) in [5.41, 5.74) is 8.01. The fraction of sp³-hybridized carbons (Fsp3) is 0.769. The molecule has 0 aliphatic carbocycles. The standard InChI is InChI=1S/C13H26N4/c1-9(2)7-8-16(5)13-11(14)12(10(3)4)15-17(13)6/h9-10H,7-8,14H2,1-6H3. The first kappa shape index (κ1) is 13.9. The van der Waals surface area contributed by atoms with Crippen LogP contribution in [0.2, 0.25) is 0 Å². The highest BCUT2D eigenvalue weighted by Crippen LogP contribution is 2.30. The molecule has 1 rings (SSSR count). The predicted octanol–water partition coefficient (Wildman–Crippen LogP) is 2.61. The first-order valence-corrected chi connectivity index (χ1v) is 6.38. The molecule has 2 N–H and O–H groups in total. The van der Waals surface area contributed by atoms with Crippen LogP contribution in [0.3, 0.4) is 0 Å². The number of hydrogen-bond acceptors (Lipinski definition) is 3. The zero-order valence-corrected chi connectivity index (χ0v) is 12.0. The topological polar surface area (TPSA) is 47.1 Å². The summed E-state index contributed by atoms with van der Waals surface area (Å²) in [6.45, 7) is 9.73. The lowest BCUT2D eigenvalue weighted by Crippen LogP contribution is -2.23. The average Bonchev–Trinajstić information content (AvgIpc) is 2.51. The van der Waals surface area contributed by atoms with E-state index < -0.39 is 0 Å². The van der Waals surface area contributed by atoms with Crippen molar-refractivity contribution in [3.05, 3.63) is 5.69 Å². The van der Waals surface area contributed by atoms with E-state index >= 15 is 0 Å². The van der Waals surface area contributed by atoms with Crippen LogP contribution < -0.4 is 10.6 Å². The number of aromatic nitrogens is 2. The van der Waals surface area contributed by atoms with Crippen LogP contribution in [-0.4, -0.2) is 23.4 Å². The van der Waals surface area contributed by atoms with Gasteiger partial charge < -0.3 is 10.6 Å².